The number of hydrogen-bond acceptors (Lipinski definition) is 18. The first kappa shape index (κ1) is 59.1. The van der Waals surface area contributed by atoms with Gasteiger partial charge in [0, 0.05) is 24.3 Å². The molecule has 2 aromatic rings. The molecule has 0 spiro atoms. The Labute approximate surface area is 404 Å². The summed E-state index contributed by atoms with van der Waals surface area (Å²) in [5.41, 5.74) is 1.76. The number of anilines is 1. The summed E-state index contributed by atoms with van der Waals surface area (Å²) in [6, 6.07) is 3.95. The number of carbonyl (C=O) groups is 6. The lowest BCUT2D eigenvalue weighted by atomic mass is 10.0. The minimum absolute atomic E-state index is 0.0268. The van der Waals surface area contributed by atoms with Crippen LogP contribution in [-0.4, -0.2) is 161 Å². The van der Waals surface area contributed by atoms with Crippen LogP contribution in [0.3, 0.4) is 0 Å². The molecule has 0 fully saturated rings. The smallest absolute Gasteiger partial charge is 0.447 e. The van der Waals surface area contributed by atoms with Crippen molar-refractivity contribution < 1.29 is 85.3 Å². The third kappa shape index (κ3) is 24.1. The number of nitrogens with one attached hydrogen (secondary N) is 4. The van der Waals surface area contributed by atoms with Gasteiger partial charge in [0.15, 0.2) is 0 Å². The summed E-state index contributed by atoms with van der Waals surface area (Å²) in [7, 11) is -9.40. The van der Waals surface area contributed by atoms with E-state index in [0.717, 1.165) is 4.90 Å². The van der Waals surface area contributed by atoms with Gasteiger partial charge >= 0.3 is 21.5 Å². The first-order valence-electron chi connectivity index (χ1n) is 22.2. The van der Waals surface area contributed by atoms with Crippen LogP contribution in [0.1, 0.15) is 51.8 Å². The Kier molecular flexibility index (Phi) is 26.3. The highest BCUT2D eigenvalue weighted by atomic mass is 31.3. The van der Waals surface area contributed by atoms with E-state index in [0.29, 0.717) is 48.9 Å². The summed E-state index contributed by atoms with van der Waals surface area (Å²) in [6.07, 6.45) is 4.40. The zero-order chi connectivity index (χ0) is 51.5. The SMILES string of the molecule is C/C(=C\CCP(=O)(O)OP(=O)(O)OCc1ccc(NC(=O)[C@H](C)NC(=O)[C@@H](NC(=O)CCOCCOCCOCCn2cc(CNC(=O)OCCOCCN3C(=O)C=CC3=O)nn2)C(C)C)cc1)CO. The van der Waals surface area contributed by atoms with Crippen LogP contribution in [0.2, 0.25) is 0 Å². The van der Waals surface area contributed by atoms with Gasteiger partial charge in [-0.05, 0) is 43.9 Å². The largest absolute Gasteiger partial charge is 0.479 e. The molecule has 6 amide bonds. The number of ether oxygens (including phenoxy) is 5. The van der Waals surface area contributed by atoms with Crippen LogP contribution in [-0.2, 0) is 85.3 Å². The molecular formula is C42H64N8O18P2. The number of alkyl carbamates (subject to hydrolysis) is 1. The second-order valence-corrected chi connectivity index (χ2v) is 19.3. The summed E-state index contributed by atoms with van der Waals surface area (Å²) in [4.78, 5) is 94.5. The molecule has 26 nitrogen and oxygen atoms in total. The number of phosphoric acid groups is 1. The quantitative estimate of drug-likeness (QED) is 0.0221. The Morgan fingerprint density at radius 3 is 2.07 bits per heavy atom. The highest BCUT2D eigenvalue weighted by Gasteiger charge is 2.33. The average molecular weight is 1030 g/mol. The van der Waals surface area contributed by atoms with Crippen molar-refractivity contribution in [3.63, 3.8) is 0 Å². The number of nitrogens with zero attached hydrogens (tertiary/aromatic N) is 4. The predicted molar refractivity (Wildman–Crippen MR) is 247 cm³/mol. The minimum Gasteiger partial charge on any atom is -0.447 e. The molecule has 3 rings (SSSR count). The number of imide groups is 1. The Morgan fingerprint density at radius 2 is 1.43 bits per heavy atom. The van der Waals surface area contributed by atoms with E-state index in [9.17, 15) is 47.7 Å². The van der Waals surface area contributed by atoms with Crippen LogP contribution in [0.4, 0.5) is 10.5 Å². The maximum atomic E-state index is 13.1. The molecule has 1 aliphatic heterocycles. The van der Waals surface area contributed by atoms with Crippen molar-refractivity contribution in [2.75, 3.05) is 84.1 Å². The van der Waals surface area contributed by atoms with E-state index in [2.05, 4.69) is 35.9 Å². The third-order valence-electron chi connectivity index (χ3n) is 9.52. The molecule has 1 aromatic carbocycles. The van der Waals surface area contributed by atoms with E-state index >= 15 is 0 Å². The van der Waals surface area contributed by atoms with Crippen molar-refractivity contribution in [3.05, 3.63) is 65.5 Å². The maximum Gasteiger partial charge on any atom is 0.479 e. The molecule has 390 valence electrons. The van der Waals surface area contributed by atoms with Gasteiger partial charge in [-0.15, -0.1) is 5.10 Å². The van der Waals surface area contributed by atoms with Gasteiger partial charge in [-0.2, -0.15) is 0 Å². The number of amides is 6. The summed E-state index contributed by atoms with van der Waals surface area (Å²) in [5.74, 6) is -2.67. The highest BCUT2D eigenvalue weighted by Crippen LogP contribution is 2.60. The number of phosphoric ester groups is 1. The number of rotatable bonds is 35. The standard InChI is InChI=1S/C42H64N8O18P2/c1-30(2)39(41(56)44-32(4)40(55)45-34-9-7-33(8-10-34)29-67-70(60,61)68-69(58,59)25-5-6-31(3)28-51)46-36(52)13-16-62-19-21-65-22-20-63-17-14-49-27-35(47-48-49)26-43-42(57)66-24-23-64-18-15-50-37(53)11-12-38(50)54/h6-12,27,30,32,39,51H,5,13-26,28-29H2,1-4H3,(H,43,57)(H,44,56)(H,45,55)(H,46,52)(H,58,59)(H,60,61)/b31-6+/t32-,39-/m0/s1. The average Bonchev–Trinajstić information content (AvgIpc) is 3.90. The number of benzene rings is 1. The summed E-state index contributed by atoms with van der Waals surface area (Å²) in [6.45, 7) is 8.09. The fourth-order valence-electron chi connectivity index (χ4n) is 5.71. The lowest BCUT2D eigenvalue weighted by Gasteiger charge is -2.24. The van der Waals surface area contributed by atoms with Crippen molar-refractivity contribution in [3.8, 4) is 0 Å². The van der Waals surface area contributed by atoms with Crippen molar-refractivity contribution in [1.82, 2.24) is 35.8 Å². The topological polar surface area (TPSA) is 344 Å². The number of aromatic nitrogens is 3. The zero-order valence-electron chi connectivity index (χ0n) is 39.5. The lowest BCUT2D eigenvalue weighted by Crippen LogP contribution is -2.53. The van der Waals surface area contributed by atoms with Gasteiger partial charge in [-0.3, -0.25) is 38.0 Å². The summed E-state index contributed by atoms with van der Waals surface area (Å²) >= 11 is 0. The first-order chi connectivity index (χ1) is 33.3. The van der Waals surface area contributed by atoms with Crippen LogP contribution in [0.15, 0.2) is 54.3 Å². The van der Waals surface area contributed by atoms with Gasteiger partial charge in [0.1, 0.15) is 24.4 Å². The molecule has 7 N–H and O–H groups in total. The second kappa shape index (κ2) is 31.2. The lowest BCUT2D eigenvalue weighted by molar-refractivity contribution is -0.137. The van der Waals surface area contributed by atoms with Crippen LogP contribution in [0, 0.1) is 5.92 Å². The van der Waals surface area contributed by atoms with Crippen molar-refractivity contribution >= 4 is 56.7 Å². The van der Waals surface area contributed by atoms with Crippen LogP contribution < -0.4 is 21.3 Å². The van der Waals surface area contributed by atoms with Crippen molar-refractivity contribution in [1.29, 1.82) is 0 Å². The third-order valence-corrected chi connectivity index (χ3v) is 12.6. The van der Waals surface area contributed by atoms with E-state index in [-0.39, 0.29) is 78.1 Å². The van der Waals surface area contributed by atoms with E-state index < -0.39 is 75.9 Å². The van der Waals surface area contributed by atoms with Gasteiger partial charge in [-0.25, -0.2) is 18.4 Å². The number of aliphatic hydroxyl groups excluding tert-OH is 1. The van der Waals surface area contributed by atoms with Gasteiger partial charge in [-0.1, -0.05) is 42.8 Å². The van der Waals surface area contributed by atoms with Gasteiger partial charge in [0.05, 0.1) is 98.1 Å². The zero-order valence-corrected chi connectivity index (χ0v) is 41.3. The first-order valence-corrected chi connectivity index (χ1v) is 25.4. The summed E-state index contributed by atoms with van der Waals surface area (Å²) in [5, 5.41) is 27.5. The van der Waals surface area contributed by atoms with E-state index in [1.807, 2.05) is 0 Å². The number of carbonyl (C=O) groups excluding carboxylic acids is 6. The molecule has 1 aromatic heterocycles. The molecule has 0 bridgehead atoms. The number of hydrogen-bond donors (Lipinski definition) is 7. The Bertz CT molecular complexity index is 2150. The highest BCUT2D eigenvalue weighted by molar-refractivity contribution is 7.64. The van der Waals surface area contributed by atoms with Crippen LogP contribution in [0.5, 0.6) is 0 Å². The second-order valence-electron chi connectivity index (χ2n) is 15.7. The molecule has 0 saturated heterocycles. The van der Waals surface area contributed by atoms with Crippen LogP contribution in [0.25, 0.3) is 0 Å². The Balaban J connectivity index is 1.20. The van der Waals surface area contributed by atoms with Gasteiger partial charge in [0.25, 0.3) is 11.8 Å². The molecular weight excluding hydrogens is 966 g/mol. The van der Waals surface area contributed by atoms with E-state index in [1.165, 1.54) is 49.4 Å². The number of allylic oxidation sites excluding steroid dienone is 1. The fraction of sp³-hybridized carbons (Fsp3) is 0.571. The fourth-order valence-corrected chi connectivity index (χ4v) is 8.29. The van der Waals surface area contributed by atoms with Crippen LogP contribution >= 0.6 is 15.4 Å². The maximum absolute atomic E-state index is 13.1. The molecule has 0 saturated carbocycles. The molecule has 2 unspecified atom stereocenters. The Hall–Kier alpha value is -5.24. The molecule has 0 aliphatic carbocycles. The Morgan fingerprint density at radius 1 is 0.814 bits per heavy atom. The van der Waals surface area contributed by atoms with Gasteiger partial charge < -0.3 is 59.8 Å². The van der Waals surface area contributed by atoms with Gasteiger partial charge in [0.2, 0.25) is 17.7 Å². The monoisotopic (exact) mass is 1030 g/mol. The van der Waals surface area contributed by atoms with Crippen molar-refractivity contribution in [2.24, 2.45) is 5.92 Å². The molecule has 28 heteroatoms. The minimum atomic E-state index is -4.92. The summed E-state index contributed by atoms with van der Waals surface area (Å²) < 4.78 is 62.2. The van der Waals surface area contributed by atoms with E-state index in [1.54, 1.807) is 31.6 Å². The molecule has 4 atom stereocenters. The molecule has 70 heavy (non-hydrogen) atoms. The predicted octanol–water partition coefficient (Wildman–Crippen LogP) is 1.32. The molecule has 1 aliphatic rings. The van der Waals surface area contributed by atoms with E-state index in [4.69, 9.17) is 33.3 Å². The molecule has 0 radical (unpaired) electrons. The van der Waals surface area contributed by atoms with Crippen molar-refractivity contribution in [2.45, 2.75) is 72.3 Å². The molecule has 2 heterocycles. The number of aliphatic hydroxyl groups is 1. The normalized spacial score (nSPS) is 15.3.